The van der Waals surface area contributed by atoms with E-state index in [1.165, 1.54) is 0 Å². The summed E-state index contributed by atoms with van der Waals surface area (Å²) in [5.41, 5.74) is 10.3. The fourth-order valence-electron chi connectivity index (χ4n) is 6.16. The molecule has 3 aliphatic rings. The fraction of sp³-hybridized carbons (Fsp3) is 0.538. The van der Waals surface area contributed by atoms with Gasteiger partial charge in [-0.3, -0.25) is 5.43 Å². The number of hydrazine groups is 1. The first-order valence-corrected chi connectivity index (χ1v) is 12.2. The summed E-state index contributed by atoms with van der Waals surface area (Å²) >= 11 is 0. The van der Waals surface area contributed by atoms with Gasteiger partial charge in [0.2, 0.25) is 0 Å². The molecule has 34 heavy (non-hydrogen) atoms. The maximum absolute atomic E-state index is 15.3. The van der Waals surface area contributed by atoms with E-state index >= 15 is 4.39 Å². The molecular formula is C26H32F2N6. The highest BCUT2D eigenvalue weighted by Gasteiger charge is 2.46. The van der Waals surface area contributed by atoms with Crippen LogP contribution >= 0.6 is 0 Å². The van der Waals surface area contributed by atoms with E-state index in [1.807, 2.05) is 37.2 Å². The molecule has 3 N–H and O–H groups in total. The number of hydrogen-bond acceptors (Lipinski definition) is 6. The summed E-state index contributed by atoms with van der Waals surface area (Å²) in [4.78, 5) is 6.60. The van der Waals surface area contributed by atoms with Crippen molar-refractivity contribution in [3.05, 3.63) is 58.5 Å². The fourth-order valence-corrected chi connectivity index (χ4v) is 6.16. The second kappa shape index (κ2) is 9.57. The SMILES string of the molecule is CNCc1cc(C)c(C2CC3C(CC2C#N)NNC3c2ccc(N3CC[C@H](F)C3)nc2)c(F)c1. The predicted molar refractivity (Wildman–Crippen MR) is 127 cm³/mol. The number of nitrogens with one attached hydrogen (secondary N) is 3. The van der Waals surface area contributed by atoms with Gasteiger partial charge in [-0.05, 0) is 73.5 Å². The standard InChI is InChI=1S/C26H32F2N6/c1-15-7-16(12-30-2)8-22(28)25(15)20-10-21-23(9-18(20)11-29)32-33-26(21)17-3-4-24(31-13-17)34-6-5-19(27)14-34/h3-4,7-8,13,18-21,23,26,30,32-33H,5-6,9-10,12,14H2,1-2H3/t18?,19-,20?,21?,23?,26?/m0/s1. The Bertz CT molecular complexity index is 1040. The van der Waals surface area contributed by atoms with Crippen LogP contribution in [0.25, 0.3) is 0 Å². The molecule has 0 spiro atoms. The Morgan fingerprint density at radius 2 is 2.12 bits per heavy atom. The number of anilines is 1. The maximum Gasteiger partial charge on any atom is 0.128 e. The van der Waals surface area contributed by atoms with Crippen molar-refractivity contribution in [2.75, 3.05) is 25.0 Å². The van der Waals surface area contributed by atoms with Crippen LogP contribution in [0.3, 0.4) is 0 Å². The van der Waals surface area contributed by atoms with Gasteiger partial charge in [0.25, 0.3) is 0 Å². The molecular weight excluding hydrogens is 434 g/mol. The number of pyridine rings is 1. The summed E-state index contributed by atoms with van der Waals surface area (Å²) in [6.07, 6.45) is 3.02. The van der Waals surface area contributed by atoms with Crippen LogP contribution in [0.5, 0.6) is 0 Å². The maximum atomic E-state index is 15.3. The summed E-state index contributed by atoms with van der Waals surface area (Å²) in [5, 5.41) is 13.0. The number of aromatic nitrogens is 1. The Labute approximate surface area is 199 Å². The average molecular weight is 467 g/mol. The van der Waals surface area contributed by atoms with E-state index in [0.29, 0.717) is 44.5 Å². The third-order valence-electron chi connectivity index (χ3n) is 7.79. The highest BCUT2D eigenvalue weighted by molar-refractivity contribution is 5.42. The van der Waals surface area contributed by atoms with Crippen LogP contribution in [0.15, 0.2) is 30.5 Å². The van der Waals surface area contributed by atoms with Crippen LogP contribution < -0.4 is 21.1 Å². The zero-order chi connectivity index (χ0) is 23.8. The van der Waals surface area contributed by atoms with E-state index in [4.69, 9.17) is 0 Å². The van der Waals surface area contributed by atoms with Gasteiger partial charge in [-0.25, -0.2) is 19.2 Å². The Morgan fingerprint density at radius 3 is 2.76 bits per heavy atom. The monoisotopic (exact) mass is 466 g/mol. The predicted octanol–water partition coefficient (Wildman–Crippen LogP) is 3.65. The first-order chi connectivity index (χ1) is 16.5. The van der Waals surface area contributed by atoms with Gasteiger partial charge in [-0.2, -0.15) is 5.26 Å². The second-order valence-electron chi connectivity index (χ2n) is 9.97. The number of hydrogen-bond donors (Lipinski definition) is 3. The molecule has 0 amide bonds. The van der Waals surface area contributed by atoms with Gasteiger partial charge < -0.3 is 10.2 Å². The van der Waals surface area contributed by atoms with E-state index in [0.717, 1.165) is 22.5 Å². The molecule has 2 saturated heterocycles. The first kappa shape index (κ1) is 23.2. The Kier molecular flexibility index (Phi) is 6.52. The van der Waals surface area contributed by atoms with Gasteiger partial charge in [0.15, 0.2) is 0 Å². The van der Waals surface area contributed by atoms with Crippen LogP contribution in [0.1, 0.15) is 53.5 Å². The molecule has 5 rings (SSSR count). The molecule has 2 aliphatic heterocycles. The Hall–Kier alpha value is -2.60. The van der Waals surface area contributed by atoms with E-state index in [1.54, 1.807) is 6.07 Å². The van der Waals surface area contributed by atoms with Crippen LogP contribution in [0.4, 0.5) is 14.6 Å². The van der Waals surface area contributed by atoms with Crippen molar-refractivity contribution >= 4 is 5.82 Å². The summed E-state index contributed by atoms with van der Waals surface area (Å²) in [5.74, 6) is 0.392. The number of nitrogens with zero attached hydrogens (tertiary/aromatic N) is 3. The van der Waals surface area contributed by atoms with E-state index in [2.05, 4.69) is 33.3 Å². The normalized spacial score (nSPS) is 30.9. The quantitative estimate of drug-likeness (QED) is 0.625. The molecule has 180 valence electrons. The van der Waals surface area contributed by atoms with Gasteiger partial charge in [0, 0.05) is 31.2 Å². The van der Waals surface area contributed by atoms with Crippen LogP contribution in [0, 0.1) is 35.9 Å². The van der Waals surface area contributed by atoms with Crippen molar-refractivity contribution in [2.45, 2.75) is 56.9 Å². The smallest absolute Gasteiger partial charge is 0.128 e. The minimum Gasteiger partial charge on any atom is -0.354 e. The van der Waals surface area contributed by atoms with Crippen molar-refractivity contribution < 1.29 is 8.78 Å². The van der Waals surface area contributed by atoms with Gasteiger partial charge in [0.05, 0.1) is 24.6 Å². The molecule has 1 saturated carbocycles. The number of fused-ring (bicyclic) bond motifs is 1. The molecule has 3 heterocycles. The molecule has 1 aromatic heterocycles. The van der Waals surface area contributed by atoms with Gasteiger partial charge in [0.1, 0.15) is 17.8 Å². The minimum absolute atomic E-state index is 0.0214. The molecule has 2 aromatic rings. The average Bonchev–Trinajstić information content (AvgIpc) is 3.44. The number of rotatable bonds is 5. The molecule has 0 bridgehead atoms. The van der Waals surface area contributed by atoms with Crippen LogP contribution in [0.2, 0.25) is 0 Å². The van der Waals surface area contributed by atoms with Gasteiger partial charge in [-0.1, -0.05) is 12.1 Å². The lowest BCUT2D eigenvalue weighted by Crippen LogP contribution is -2.39. The van der Waals surface area contributed by atoms with Crippen molar-refractivity contribution in [3.63, 3.8) is 0 Å². The molecule has 1 aromatic carbocycles. The van der Waals surface area contributed by atoms with Gasteiger partial charge >= 0.3 is 0 Å². The first-order valence-electron chi connectivity index (χ1n) is 12.2. The summed E-state index contributed by atoms with van der Waals surface area (Å²) < 4.78 is 28.9. The second-order valence-corrected chi connectivity index (χ2v) is 9.97. The molecule has 6 atom stereocenters. The van der Waals surface area contributed by atoms with E-state index < -0.39 is 6.17 Å². The molecule has 6 nitrogen and oxygen atoms in total. The number of benzene rings is 1. The summed E-state index contributed by atoms with van der Waals surface area (Å²) in [7, 11) is 1.85. The van der Waals surface area contributed by atoms with Crippen molar-refractivity contribution in [1.29, 1.82) is 5.26 Å². The van der Waals surface area contributed by atoms with Crippen LogP contribution in [-0.4, -0.2) is 37.3 Å². The van der Waals surface area contributed by atoms with Crippen LogP contribution in [-0.2, 0) is 6.54 Å². The number of alkyl halides is 1. The van der Waals surface area contributed by atoms with E-state index in [9.17, 15) is 9.65 Å². The summed E-state index contributed by atoms with van der Waals surface area (Å²) in [6.45, 7) is 3.65. The summed E-state index contributed by atoms with van der Waals surface area (Å²) in [6, 6.07) is 10.3. The molecule has 1 aliphatic carbocycles. The molecule has 5 unspecified atom stereocenters. The van der Waals surface area contributed by atoms with Crippen molar-refractivity contribution in [1.82, 2.24) is 21.2 Å². The van der Waals surface area contributed by atoms with Gasteiger partial charge in [-0.15, -0.1) is 0 Å². The molecule has 3 fully saturated rings. The van der Waals surface area contributed by atoms with E-state index in [-0.39, 0.29) is 35.7 Å². The Morgan fingerprint density at radius 1 is 1.26 bits per heavy atom. The lowest BCUT2D eigenvalue weighted by Gasteiger charge is -2.37. The zero-order valence-corrected chi connectivity index (χ0v) is 19.7. The number of aryl methyl sites for hydroxylation is 1. The lowest BCUT2D eigenvalue weighted by atomic mass is 9.66. The third-order valence-corrected chi connectivity index (χ3v) is 7.79. The topological polar surface area (TPSA) is 76.0 Å². The Balaban J connectivity index is 1.38. The molecule has 0 radical (unpaired) electrons. The zero-order valence-electron chi connectivity index (χ0n) is 19.7. The molecule has 8 heteroatoms. The largest absolute Gasteiger partial charge is 0.354 e. The van der Waals surface area contributed by atoms with Crippen molar-refractivity contribution in [2.24, 2.45) is 11.8 Å². The highest BCUT2D eigenvalue weighted by atomic mass is 19.1. The minimum atomic E-state index is -0.786. The highest BCUT2D eigenvalue weighted by Crippen LogP contribution is 2.48. The lowest BCUT2D eigenvalue weighted by molar-refractivity contribution is 0.234. The third kappa shape index (κ3) is 4.28. The number of nitriles is 1. The number of halogens is 2. The van der Waals surface area contributed by atoms with Crippen molar-refractivity contribution in [3.8, 4) is 6.07 Å².